The summed E-state index contributed by atoms with van der Waals surface area (Å²) in [4.78, 5) is 12.9. The number of sulfonamides is 1. The average molecular weight is 480 g/mol. The molecule has 0 saturated carbocycles. The van der Waals surface area contributed by atoms with Crippen molar-refractivity contribution < 1.29 is 21.6 Å². The number of carbonyl (C=O) groups is 1. The molecule has 0 amide bonds. The van der Waals surface area contributed by atoms with Gasteiger partial charge >= 0.3 is 0 Å². The van der Waals surface area contributed by atoms with Gasteiger partial charge in [-0.15, -0.1) is 0 Å². The first-order valence-corrected chi connectivity index (χ1v) is 12.8. The van der Waals surface area contributed by atoms with E-state index in [0.29, 0.717) is 5.57 Å². The molecule has 1 N–H and O–H groups in total. The van der Waals surface area contributed by atoms with E-state index in [0.717, 1.165) is 11.8 Å². The summed E-state index contributed by atoms with van der Waals surface area (Å²) < 4.78 is 51.2. The zero-order valence-electron chi connectivity index (χ0n) is 17.2. The molecular formula is C22H22ClNO5S2. The molecule has 0 spiro atoms. The molecule has 0 aromatic heterocycles. The third-order valence-electron chi connectivity index (χ3n) is 4.15. The van der Waals surface area contributed by atoms with Crippen LogP contribution < -0.4 is 4.72 Å². The first kappa shape index (κ1) is 24.6. The van der Waals surface area contributed by atoms with Crippen molar-refractivity contribution in [2.24, 2.45) is 0 Å². The first-order chi connectivity index (χ1) is 14.3. The van der Waals surface area contributed by atoms with E-state index in [1.54, 1.807) is 32.1 Å². The quantitative estimate of drug-likeness (QED) is 0.333. The van der Waals surface area contributed by atoms with Gasteiger partial charge in [-0.25, -0.2) is 16.8 Å². The van der Waals surface area contributed by atoms with E-state index in [9.17, 15) is 21.6 Å². The molecule has 0 heterocycles. The van der Waals surface area contributed by atoms with Crippen molar-refractivity contribution in [1.29, 1.82) is 0 Å². The highest BCUT2D eigenvalue weighted by molar-refractivity contribution is 7.92. The molecule has 0 radical (unpaired) electrons. The Labute approximate surface area is 187 Å². The van der Waals surface area contributed by atoms with Crippen LogP contribution in [-0.2, 0) is 19.9 Å². The lowest BCUT2D eigenvalue weighted by Gasteiger charge is -2.13. The summed E-state index contributed by atoms with van der Waals surface area (Å²) in [6, 6.07) is 9.02. The molecule has 0 aliphatic carbocycles. The van der Waals surface area contributed by atoms with E-state index in [2.05, 4.69) is 11.3 Å². The number of benzene rings is 2. The second-order valence-corrected chi connectivity index (χ2v) is 10.9. The van der Waals surface area contributed by atoms with Gasteiger partial charge in [0.1, 0.15) is 0 Å². The van der Waals surface area contributed by atoms with Crippen molar-refractivity contribution >= 4 is 42.9 Å². The van der Waals surface area contributed by atoms with Crippen LogP contribution in [-0.4, -0.2) is 28.9 Å². The van der Waals surface area contributed by atoms with Gasteiger partial charge in [-0.3, -0.25) is 9.52 Å². The van der Waals surface area contributed by atoms with Gasteiger partial charge < -0.3 is 0 Å². The second-order valence-electron chi connectivity index (χ2n) is 6.79. The topological polar surface area (TPSA) is 97.4 Å². The van der Waals surface area contributed by atoms with Crippen LogP contribution in [0.1, 0.15) is 24.2 Å². The predicted octanol–water partition coefficient (Wildman–Crippen LogP) is 4.81. The number of hydrogen-bond acceptors (Lipinski definition) is 5. The van der Waals surface area contributed by atoms with Gasteiger partial charge in [0.05, 0.1) is 15.5 Å². The Balaban J connectivity index is 2.46. The maximum absolute atomic E-state index is 13.0. The Hall–Kier alpha value is -2.68. The van der Waals surface area contributed by atoms with Gasteiger partial charge in [0, 0.05) is 22.4 Å². The highest BCUT2D eigenvalue weighted by Gasteiger charge is 2.21. The highest BCUT2D eigenvalue weighted by atomic mass is 35.5. The van der Waals surface area contributed by atoms with E-state index in [1.165, 1.54) is 42.5 Å². The third-order valence-corrected chi connectivity index (χ3v) is 6.90. The van der Waals surface area contributed by atoms with Gasteiger partial charge in [-0.05, 0) is 56.3 Å². The van der Waals surface area contributed by atoms with Crippen LogP contribution >= 0.6 is 11.6 Å². The fourth-order valence-corrected chi connectivity index (χ4v) is 4.44. The van der Waals surface area contributed by atoms with Gasteiger partial charge in [-0.2, -0.15) is 0 Å². The number of Topliss-reactive ketones (excluding diaryl/α,β-unsaturated/α-hetero) is 1. The fourth-order valence-electron chi connectivity index (χ4n) is 2.55. The number of rotatable bonds is 8. The van der Waals surface area contributed by atoms with Crippen LogP contribution in [0.3, 0.4) is 0 Å². The molecule has 0 saturated heterocycles. The summed E-state index contributed by atoms with van der Waals surface area (Å²) >= 11 is 6.05. The molecule has 164 valence electrons. The molecule has 9 heteroatoms. The number of nitrogens with one attached hydrogen (secondary N) is 1. The minimum absolute atomic E-state index is 0.00386. The number of sulfone groups is 1. The van der Waals surface area contributed by atoms with E-state index >= 15 is 0 Å². The van der Waals surface area contributed by atoms with Crippen molar-refractivity contribution in [3.05, 3.63) is 89.0 Å². The minimum Gasteiger partial charge on any atom is -0.289 e. The number of halogens is 1. The average Bonchev–Trinajstić information content (AvgIpc) is 2.68. The molecule has 2 aromatic carbocycles. The zero-order valence-corrected chi connectivity index (χ0v) is 19.6. The summed E-state index contributed by atoms with van der Waals surface area (Å²) in [5.74, 6) is -0.423. The summed E-state index contributed by atoms with van der Waals surface area (Å²) in [6.45, 7) is 7.22. The summed E-state index contributed by atoms with van der Waals surface area (Å²) in [5, 5.41) is 0.267. The van der Waals surface area contributed by atoms with Crippen LogP contribution in [0.2, 0.25) is 5.02 Å². The smallest absolute Gasteiger partial charge is 0.261 e. The largest absolute Gasteiger partial charge is 0.289 e. The van der Waals surface area contributed by atoms with E-state index in [-0.39, 0.29) is 26.1 Å². The molecule has 2 rings (SSSR count). The van der Waals surface area contributed by atoms with E-state index in [1.807, 2.05) is 0 Å². The van der Waals surface area contributed by atoms with Gasteiger partial charge in [0.2, 0.25) is 0 Å². The van der Waals surface area contributed by atoms with Crippen LogP contribution in [0.4, 0.5) is 5.69 Å². The Morgan fingerprint density at radius 3 is 2.10 bits per heavy atom. The van der Waals surface area contributed by atoms with Crippen molar-refractivity contribution in [1.82, 2.24) is 0 Å². The van der Waals surface area contributed by atoms with Crippen LogP contribution in [0.5, 0.6) is 0 Å². The van der Waals surface area contributed by atoms with Gasteiger partial charge in [0.25, 0.3) is 10.0 Å². The summed E-state index contributed by atoms with van der Waals surface area (Å²) in [5.41, 5.74) is 1.20. The molecular weight excluding hydrogens is 458 g/mol. The van der Waals surface area contributed by atoms with Crippen molar-refractivity contribution in [2.75, 3.05) is 11.0 Å². The molecule has 0 atom stereocenters. The second kappa shape index (κ2) is 9.64. The lowest BCUT2D eigenvalue weighted by molar-refractivity contribution is 0.103. The monoisotopic (exact) mass is 479 g/mol. The number of hydrogen-bond donors (Lipinski definition) is 1. The SMILES string of the molecule is C=C(C)/C=C\C(=C/C)C(=O)c1cc(Cl)ccc1NS(=O)(=O)c1ccc(S(C)(=O)=O)cc1. The zero-order chi connectivity index (χ0) is 23.4. The van der Waals surface area contributed by atoms with Gasteiger partial charge in [-0.1, -0.05) is 42.0 Å². The van der Waals surface area contributed by atoms with Crippen molar-refractivity contribution in [3.8, 4) is 0 Å². The Bertz CT molecular complexity index is 1290. The normalized spacial score (nSPS) is 12.7. The Morgan fingerprint density at radius 1 is 1.00 bits per heavy atom. The molecule has 0 aliphatic heterocycles. The lowest BCUT2D eigenvalue weighted by Crippen LogP contribution is -2.16. The summed E-state index contributed by atoms with van der Waals surface area (Å²) in [6.07, 6.45) is 5.89. The lowest BCUT2D eigenvalue weighted by atomic mass is 10.0. The molecule has 0 fully saturated rings. The highest BCUT2D eigenvalue weighted by Crippen LogP contribution is 2.27. The maximum atomic E-state index is 13.0. The predicted molar refractivity (Wildman–Crippen MR) is 124 cm³/mol. The minimum atomic E-state index is -4.09. The van der Waals surface area contributed by atoms with Crippen LogP contribution in [0, 0.1) is 0 Å². The van der Waals surface area contributed by atoms with Crippen LogP contribution in [0.25, 0.3) is 0 Å². The number of carbonyl (C=O) groups excluding carboxylic acids is 1. The van der Waals surface area contributed by atoms with Crippen molar-refractivity contribution in [3.63, 3.8) is 0 Å². The molecule has 0 aliphatic rings. The third kappa shape index (κ3) is 6.40. The van der Waals surface area contributed by atoms with Gasteiger partial charge in [0.15, 0.2) is 15.6 Å². The fraction of sp³-hybridized carbons (Fsp3) is 0.136. The number of allylic oxidation sites excluding steroid dienone is 5. The molecule has 6 nitrogen and oxygen atoms in total. The van der Waals surface area contributed by atoms with Crippen LogP contribution in [0.15, 0.2) is 88.2 Å². The van der Waals surface area contributed by atoms with Crippen molar-refractivity contribution in [2.45, 2.75) is 23.6 Å². The molecule has 2 aromatic rings. The maximum Gasteiger partial charge on any atom is 0.261 e. The molecule has 31 heavy (non-hydrogen) atoms. The molecule has 0 unspecified atom stereocenters. The van der Waals surface area contributed by atoms with E-state index in [4.69, 9.17) is 11.6 Å². The Morgan fingerprint density at radius 2 is 1.58 bits per heavy atom. The Kier molecular flexibility index (Phi) is 7.64. The van der Waals surface area contributed by atoms with E-state index < -0.39 is 25.6 Å². The summed E-state index contributed by atoms with van der Waals surface area (Å²) in [7, 11) is -7.56. The number of anilines is 1. The molecule has 0 bridgehead atoms. The first-order valence-electron chi connectivity index (χ1n) is 9.02. The number of ketones is 1. The standard InChI is InChI=1S/C22H22ClNO5S2/c1-5-16(7-6-15(2)3)22(25)20-14-17(23)8-13-21(20)24-31(28,29)19-11-9-18(10-12-19)30(4,26)27/h5-14,24H,2H2,1,3-4H3/b7-6-,16-5+.